The summed E-state index contributed by atoms with van der Waals surface area (Å²) in [6.07, 6.45) is 1.86. The van der Waals surface area contributed by atoms with Crippen molar-refractivity contribution in [2.24, 2.45) is 5.84 Å². The molecule has 1 atom stereocenters. The molecule has 78 valence electrons. The fourth-order valence-electron chi connectivity index (χ4n) is 1.47. The number of nitrogens with zero attached hydrogens (tertiary/aromatic N) is 1. The Kier molecular flexibility index (Phi) is 3.11. The normalized spacial score (nSPS) is 12.7. The Labute approximate surface area is 92.9 Å². The van der Waals surface area contributed by atoms with Gasteiger partial charge in [-0.15, -0.1) is 0 Å². The Morgan fingerprint density at radius 1 is 1.33 bits per heavy atom. The lowest BCUT2D eigenvalue weighted by atomic mass is 10.0. The molecule has 2 heterocycles. The molecule has 2 aromatic heterocycles. The molecular weight excluding hydrogens is 206 g/mol. The van der Waals surface area contributed by atoms with Gasteiger partial charge in [0.2, 0.25) is 0 Å². The summed E-state index contributed by atoms with van der Waals surface area (Å²) in [6.45, 7) is 1.97. The maximum absolute atomic E-state index is 5.56. The SMILES string of the molecule is Cc1ccc(C(NN)c2ccsc2)cn1. The summed E-state index contributed by atoms with van der Waals surface area (Å²) in [5.74, 6) is 5.56. The smallest absolute Gasteiger partial charge is 0.0733 e. The van der Waals surface area contributed by atoms with E-state index in [1.54, 1.807) is 11.3 Å². The van der Waals surface area contributed by atoms with Crippen LogP contribution in [0.3, 0.4) is 0 Å². The second kappa shape index (κ2) is 4.53. The summed E-state index contributed by atoms with van der Waals surface area (Å²) in [4.78, 5) is 4.27. The third kappa shape index (κ3) is 2.23. The summed E-state index contributed by atoms with van der Waals surface area (Å²) < 4.78 is 0. The van der Waals surface area contributed by atoms with Crippen LogP contribution in [0.5, 0.6) is 0 Å². The zero-order valence-corrected chi connectivity index (χ0v) is 9.29. The minimum Gasteiger partial charge on any atom is -0.271 e. The molecule has 3 N–H and O–H groups in total. The summed E-state index contributed by atoms with van der Waals surface area (Å²) in [5.41, 5.74) is 6.08. The van der Waals surface area contributed by atoms with Gasteiger partial charge in [0.25, 0.3) is 0 Å². The highest BCUT2D eigenvalue weighted by molar-refractivity contribution is 7.08. The van der Waals surface area contributed by atoms with Crippen molar-refractivity contribution in [3.05, 3.63) is 52.0 Å². The van der Waals surface area contributed by atoms with Crippen LogP contribution in [0.25, 0.3) is 0 Å². The summed E-state index contributed by atoms with van der Waals surface area (Å²) in [6, 6.07) is 6.13. The van der Waals surface area contributed by atoms with E-state index in [0.29, 0.717) is 0 Å². The molecule has 3 nitrogen and oxygen atoms in total. The molecule has 1 unspecified atom stereocenters. The maximum atomic E-state index is 5.56. The Morgan fingerprint density at radius 2 is 2.20 bits per heavy atom. The van der Waals surface area contributed by atoms with Gasteiger partial charge in [0.15, 0.2) is 0 Å². The Morgan fingerprint density at radius 3 is 2.73 bits per heavy atom. The van der Waals surface area contributed by atoms with Crippen molar-refractivity contribution in [1.29, 1.82) is 0 Å². The topological polar surface area (TPSA) is 50.9 Å². The predicted molar refractivity (Wildman–Crippen MR) is 62.5 cm³/mol. The first-order chi connectivity index (χ1) is 7.31. The van der Waals surface area contributed by atoms with E-state index in [0.717, 1.165) is 11.3 Å². The maximum Gasteiger partial charge on any atom is 0.0733 e. The molecule has 0 amide bonds. The molecule has 15 heavy (non-hydrogen) atoms. The molecule has 2 rings (SSSR count). The minimum atomic E-state index is 0.0318. The van der Waals surface area contributed by atoms with Crippen LogP contribution in [0.4, 0.5) is 0 Å². The van der Waals surface area contributed by atoms with Crippen LogP contribution >= 0.6 is 11.3 Å². The number of hydrogen-bond donors (Lipinski definition) is 2. The zero-order chi connectivity index (χ0) is 10.7. The number of hydrogen-bond acceptors (Lipinski definition) is 4. The highest BCUT2D eigenvalue weighted by Crippen LogP contribution is 2.22. The van der Waals surface area contributed by atoms with Gasteiger partial charge in [-0.3, -0.25) is 10.8 Å². The molecular formula is C11H13N3S. The van der Waals surface area contributed by atoms with Crippen molar-refractivity contribution < 1.29 is 0 Å². The zero-order valence-electron chi connectivity index (χ0n) is 8.47. The van der Waals surface area contributed by atoms with Crippen LogP contribution in [-0.2, 0) is 0 Å². The van der Waals surface area contributed by atoms with Crippen molar-refractivity contribution in [2.75, 3.05) is 0 Å². The van der Waals surface area contributed by atoms with E-state index in [2.05, 4.69) is 21.9 Å². The number of pyridine rings is 1. The number of aryl methyl sites for hydroxylation is 1. The fraction of sp³-hybridized carbons (Fsp3) is 0.182. The van der Waals surface area contributed by atoms with Gasteiger partial charge >= 0.3 is 0 Å². The molecule has 0 radical (unpaired) electrons. The van der Waals surface area contributed by atoms with Gasteiger partial charge in [0.05, 0.1) is 6.04 Å². The van der Waals surface area contributed by atoms with E-state index in [1.165, 1.54) is 5.56 Å². The van der Waals surface area contributed by atoms with E-state index in [4.69, 9.17) is 5.84 Å². The van der Waals surface area contributed by atoms with Gasteiger partial charge in [-0.25, -0.2) is 5.43 Å². The first kappa shape index (κ1) is 10.3. The van der Waals surface area contributed by atoms with Crippen LogP contribution in [0.2, 0.25) is 0 Å². The van der Waals surface area contributed by atoms with E-state index in [9.17, 15) is 0 Å². The van der Waals surface area contributed by atoms with Crippen molar-refractivity contribution in [1.82, 2.24) is 10.4 Å². The van der Waals surface area contributed by atoms with Gasteiger partial charge in [0, 0.05) is 11.9 Å². The van der Waals surface area contributed by atoms with E-state index >= 15 is 0 Å². The highest BCUT2D eigenvalue weighted by atomic mass is 32.1. The molecule has 0 aromatic carbocycles. The summed E-state index contributed by atoms with van der Waals surface area (Å²) in [5, 5.41) is 4.13. The predicted octanol–water partition coefficient (Wildman–Crippen LogP) is 2.00. The average molecular weight is 219 g/mol. The van der Waals surface area contributed by atoms with Crippen LogP contribution in [0.15, 0.2) is 35.2 Å². The number of aromatic nitrogens is 1. The molecule has 0 aliphatic carbocycles. The minimum absolute atomic E-state index is 0.0318. The largest absolute Gasteiger partial charge is 0.271 e. The van der Waals surface area contributed by atoms with Gasteiger partial charge < -0.3 is 0 Å². The molecule has 4 heteroatoms. The quantitative estimate of drug-likeness (QED) is 0.613. The molecule has 0 saturated carbocycles. The number of nitrogens with two attached hydrogens (primary N) is 1. The Hall–Kier alpha value is -1.23. The number of nitrogens with one attached hydrogen (secondary N) is 1. The lowest BCUT2D eigenvalue weighted by molar-refractivity contribution is 0.636. The second-order valence-corrected chi connectivity index (χ2v) is 4.17. The first-order valence-electron chi connectivity index (χ1n) is 4.72. The second-order valence-electron chi connectivity index (χ2n) is 3.39. The molecule has 0 aliphatic heterocycles. The summed E-state index contributed by atoms with van der Waals surface area (Å²) >= 11 is 1.67. The van der Waals surface area contributed by atoms with Crippen molar-refractivity contribution in [2.45, 2.75) is 13.0 Å². The van der Waals surface area contributed by atoms with E-state index in [1.807, 2.05) is 30.6 Å². The van der Waals surface area contributed by atoms with Gasteiger partial charge in [-0.05, 0) is 40.9 Å². The molecule has 0 aliphatic rings. The van der Waals surface area contributed by atoms with Crippen LogP contribution in [-0.4, -0.2) is 4.98 Å². The molecule has 0 saturated heterocycles. The third-order valence-electron chi connectivity index (χ3n) is 2.31. The number of rotatable bonds is 3. The molecule has 0 fully saturated rings. The first-order valence-corrected chi connectivity index (χ1v) is 5.66. The van der Waals surface area contributed by atoms with Crippen LogP contribution in [0, 0.1) is 6.92 Å². The third-order valence-corrected chi connectivity index (χ3v) is 3.01. The monoisotopic (exact) mass is 219 g/mol. The fourth-order valence-corrected chi connectivity index (χ4v) is 2.16. The van der Waals surface area contributed by atoms with Crippen molar-refractivity contribution in [3.8, 4) is 0 Å². The Bertz CT molecular complexity index is 408. The standard InChI is InChI=1S/C11H13N3S/c1-8-2-3-9(6-13-8)11(14-12)10-4-5-15-7-10/h2-7,11,14H,12H2,1H3. The number of hydrazine groups is 1. The van der Waals surface area contributed by atoms with Crippen LogP contribution < -0.4 is 11.3 Å². The Balaban J connectivity index is 2.31. The van der Waals surface area contributed by atoms with E-state index in [-0.39, 0.29) is 6.04 Å². The lowest BCUT2D eigenvalue weighted by Gasteiger charge is -2.14. The van der Waals surface area contributed by atoms with Gasteiger partial charge in [-0.1, -0.05) is 6.07 Å². The lowest BCUT2D eigenvalue weighted by Crippen LogP contribution is -2.28. The van der Waals surface area contributed by atoms with Crippen molar-refractivity contribution >= 4 is 11.3 Å². The molecule has 2 aromatic rings. The van der Waals surface area contributed by atoms with E-state index < -0.39 is 0 Å². The van der Waals surface area contributed by atoms with Crippen molar-refractivity contribution in [3.63, 3.8) is 0 Å². The highest BCUT2D eigenvalue weighted by Gasteiger charge is 2.12. The average Bonchev–Trinajstić information content (AvgIpc) is 2.75. The summed E-state index contributed by atoms with van der Waals surface area (Å²) in [7, 11) is 0. The van der Waals surface area contributed by atoms with Crippen LogP contribution in [0.1, 0.15) is 22.9 Å². The molecule has 0 bridgehead atoms. The van der Waals surface area contributed by atoms with Gasteiger partial charge in [-0.2, -0.15) is 11.3 Å². The molecule has 0 spiro atoms. The number of thiophene rings is 1. The van der Waals surface area contributed by atoms with Gasteiger partial charge in [0.1, 0.15) is 0 Å².